The second-order valence-corrected chi connectivity index (χ2v) is 4.27. The summed E-state index contributed by atoms with van der Waals surface area (Å²) < 4.78 is 4.81. The highest BCUT2D eigenvalue weighted by Gasteiger charge is 2.04. The lowest BCUT2D eigenvalue weighted by molar-refractivity contribution is -0.128. The third kappa shape index (κ3) is 3.85. The highest BCUT2D eigenvalue weighted by atomic mass is 33.1. The van der Waals surface area contributed by atoms with Crippen LogP contribution in [0, 0.1) is 0 Å². The van der Waals surface area contributed by atoms with Crippen molar-refractivity contribution in [1.82, 2.24) is 4.98 Å². The molecule has 0 fully saturated rings. The van der Waals surface area contributed by atoms with Crippen LogP contribution in [0.4, 0.5) is 0 Å². The lowest BCUT2D eigenvalue weighted by Gasteiger charge is -1.99. The van der Waals surface area contributed by atoms with Crippen LogP contribution in [0.2, 0.25) is 0 Å². The lowest BCUT2D eigenvalue weighted by Crippen LogP contribution is -1.97. The average molecular weight is 227 g/mol. The SMILES string of the molecule is C=C(C)C(=O)OSSc1ccccn1. The molecule has 0 saturated heterocycles. The molecule has 0 aliphatic carbocycles. The molecule has 0 aliphatic rings. The maximum Gasteiger partial charge on any atom is 0.345 e. The zero-order valence-electron chi connectivity index (χ0n) is 7.60. The summed E-state index contributed by atoms with van der Waals surface area (Å²) in [6, 6.07) is 5.54. The molecule has 1 rings (SSSR count). The number of hydrogen-bond donors (Lipinski definition) is 0. The summed E-state index contributed by atoms with van der Waals surface area (Å²) in [6.45, 7) is 5.07. The Hall–Kier alpha value is -0.940. The fourth-order valence-corrected chi connectivity index (χ4v) is 1.89. The first-order valence-electron chi connectivity index (χ1n) is 3.82. The van der Waals surface area contributed by atoms with Gasteiger partial charge in [-0.3, -0.25) is 0 Å². The summed E-state index contributed by atoms with van der Waals surface area (Å²) in [7, 11) is 1.29. The van der Waals surface area contributed by atoms with Crippen molar-refractivity contribution in [1.29, 1.82) is 0 Å². The van der Waals surface area contributed by atoms with E-state index in [9.17, 15) is 4.79 Å². The van der Waals surface area contributed by atoms with E-state index in [1.807, 2.05) is 18.2 Å². The average Bonchev–Trinajstić information content (AvgIpc) is 2.19. The van der Waals surface area contributed by atoms with Crippen molar-refractivity contribution in [3.8, 4) is 0 Å². The van der Waals surface area contributed by atoms with Gasteiger partial charge in [0.2, 0.25) is 0 Å². The van der Waals surface area contributed by atoms with Gasteiger partial charge in [0.1, 0.15) is 16.1 Å². The molecule has 1 heterocycles. The topological polar surface area (TPSA) is 39.2 Å². The summed E-state index contributed by atoms with van der Waals surface area (Å²) >= 11 is 0.987. The van der Waals surface area contributed by atoms with Crippen LogP contribution in [0.5, 0.6) is 0 Å². The number of carbonyl (C=O) groups excluding carboxylic acids is 1. The largest absolute Gasteiger partial charge is 0.376 e. The van der Waals surface area contributed by atoms with E-state index in [0.717, 1.165) is 16.1 Å². The molecule has 0 spiro atoms. The third-order valence-electron chi connectivity index (χ3n) is 1.22. The summed E-state index contributed by atoms with van der Waals surface area (Å²) in [5.74, 6) is -0.404. The van der Waals surface area contributed by atoms with Crippen LogP contribution >= 0.6 is 21.9 Å². The molecule has 14 heavy (non-hydrogen) atoms. The molecule has 3 nitrogen and oxygen atoms in total. The highest BCUT2D eigenvalue weighted by Crippen LogP contribution is 2.30. The van der Waals surface area contributed by atoms with E-state index in [-0.39, 0.29) is 0 Å². The molecule has 0 saturated carbocycles. The Morgan fingerprint density at radius 1 is 1.57 bits per heavy atom. The number of rotatable bonds is 4. The minimum atomic E-state index is -0.404. The Morgan fingerprint density at radius 2 is 2.36 bits per heavy atom. The standard InChI is InChI=1S/C9H9NO2S2/c1-7(2)9(11)12-14-13-8-5-3-4-6-10-8/h3-6H,1H2,2H3. The molecule has 0 unspecified atom stereocenters. The summed E-state index contributed by atoms with van der Waals surface area (Å²) in [4.78, 5) is 15.0. The van der Waals surface area contributed by atoms with Crippen molar-refractivity contribution in [2.45, 2.75) is 11.9 Å². The first-order chi connectivity index (χ1) is 6.70. The van der Waals surface area contributed by atoms with Gasteiger partial charge in [-0.05, 0) is 19.1 Å². The van der Waals surface area contributed by atoms with Gasteiger partial charge in [0.05, 0.1) is 0 Å². The van der Waals surface area contributed by atoms with E-state index in [2.05, 4.69) is 11.6 Å². The highest BCUT2D eigenvalue weighted by molar-refractivity contribution is 8.75. The zero-order chi connectivity index (χ0) is 10.4. The van der Waals surface area contributed by atoms with Gasteiger partial charge in [0.15, 0.2) is 0 Å². The van der Waals surface area contributed by atoms with Crippen LogP contribution in [-0.2, 0) is 8.98 Å². The maximum atomic E-state index is 11.0. The number of nitrogens with zero attached hydrogens (tertiary/aromatic N) is 1. The van der Waals surface area contributed by atoms with E-state index in [4.69, 9.17) is 4.18 Å². The molecule has 0 atom stereocenters. The maximum absolute atomic E-state index is 11.0. The second-order valence-electron chi connectivity index (χ2n) is 2.47. The second kappa shape index (κ2) is 5.72. The fraction of sp³-hybridized carbons (Fsp3) is 0.111. The van der Waals surface area contributed by atoms with Crippen molar-refractivity contribution >= 4 is 27.8 Å². The molecule has 74 valence electrons. The first-order valence-corrected chi connectivity index (χ1v) is 5.89. The minimum absolute atomic E-state index is 0.388. The van der Waals surface area contributed by atoms with Crippen molar-refractivity contribution in [3.05, 3.63) is 36.5 Å². The van der Waals surface area contributed by atoms with Crippen molar-refractivity contribution in [2.75, 3.05) is 0 Å². The molecule has 1 aromatic heterocycles. The quantitative estimate of drug-likeness (QED) is 0.449. The number of carbonyl (C=O) groups is 1. The van der Waals surface area contributed by atoms with Gasteiger partial charge < -0.3 is 4.18 Å². The van der Waals surface area contributed by atoms with Gasteiger partial charge in [-0.2, -0.15) is 0 Å². The van der Waals surface area contributed by atoms with Gasteiger partial charge in [-0.15, -0.1) is 0 Å². The Labute approximate surface area is 90.6 Å². The summed E-state index contributed by atoms with van der Waals surface area (Å²) in [5.41, 5.74) is 0.388. The van der Waals surface area contributed by atoms with Crippen LogP contribution in [0.1, 0.15) is 6.92 Å². The van der Waals surface area contributed by atoms with E-state index >= 15 is 0 Å². The van der Waals surface area contributed by atoms with Crippen molar-refractivity contribution < 1.29 is 8.98 Å². The van der Waals surface area contributed by atoms with Crippen molar-refractivity contribution in [3.63, 3.8) is 0 Å². The number of aromatic nitrogens is 1. The summed E-state index contributed by atoms with van der Waals surface area (Å²) in [6.07, 6.45) is 1.68. The molecule has 0 N–H and O–H groups in total. The number of pyridine rings is 1. The molecule has 0 radical (unpaired) electrons. The molecule has 0 aromatic carbocycles. The van der Waals surface area contributed by atoms with E-state index < -0.39 is 5.97 Å². The molecule has 1 aromatic rings. The van der Waals surface area contributed by atoms with E-state index in [1.54, 1.807) is 13.1 Å². The Bertz CT molecular complexity index is 327. The van der Waals surface area contributed by atoms with Crippen LogP contribution < -0.4 is 0 Å². The third-order valence-corrected chi connectivity index (χ3v) is 2.84. The predicted octanol–water partition coefficient (Wildman–Crippen LogP) is 2.86. The molecule has 0 aliphatic heterocycles. The van der Waals surface area contributed by atoms with Crippen LogP contribution in [0.15, 0.2) is 41.6 Å². The van der Waals surface area contributed by atoms with Gasteiger partial charge >= 0.3 is 5.97 Å². The molecular formula is C9H9NO2S2. The Morgan fingerprint density at radius 3 is 2.93 bits per heavy atom. The van der Waals surface area contributed by atoms with Crippen LogP contribution in [-0.4, -0.2) is 11.0 Å². The molecule has 0 bridgehead atoms. The van der Waals surface area contributed by atoms with Gasteiger partial charge in [-0.25, -0.2) is 9.78 Å². The zero-order valence-corrected chi connectivity index (χ0v) is 9.23. The Balaban J connectivity index is 2.29. The first kappa shape index (κ1) is 11.1. The van der Waals surface area contributed by atoms with Gasteiger partial charge in [0, 0.05) is 22.6 Å². The van der Waals surface area contributed by atoms with Crippen molar-refractivity contribution in [2.24, 2.45) is 0 Å². The molecule has 0 amide bonds. The van der Waals surface area contributed by atoms with Crippen LogP contribution in [0.3, 0.4) is 0 Å². The monoisotopic (exact) mass is 227 g/mol. The number of hydrogen-bond acceptors (Lipinski definition) is 5. The minimum Gasteiger partial charge on any atom is -0.376 e. The van der Waals surface area contributed by atoms with Gasteiger partial charge in [0.25, 0.3) is 0 Å². The fourth-order valence-electron chi connectivity index (χ4n) is 0.550. The lowest BCUT2D eigenvalue weighted by atomic mass is 10.4. The van der Waals surface area contributed by atoms with E-state index in [1.165, 1.54) is 10.8 Å². The Kier molecular flexibility index (Phi) is 4.55. The summed E-state index contributed by atoms with van der Waals surface area (Å²) in [5, 5.41) is 0.798. The van der Waals surface area contributed by atoms with Crippen LogP contribution in [0.25, 0.3) is 0 Å². The normalized spacial score (nSPS) is 9.50. The molecular weight excluding hydrogens is 218 g/mol. The van der Waals surface area contributed by atoms with Gasteiger partial charge in [-0.1, -0.05) is 12.6 Å². The predicted molar refractivity (Wildman–Crippen MR) is 58.6 cm³/mol. The molecule has 5 heteroatoms. The van der Waals surface area contributed by atoms with E-state index in [0.29, 0.717) is 5.57 Å². The smallest absolute Gasteiger partial charge is 0.345 e.